The zero-order valence-electron chi connectivity index (χ0n) is 11.7. The second-order valence-electron chi connectivity index (χ2n) is 5.09. The topological polar surface area (TPSA) is 51.6 Å². The van der Waals surface area contributed by atoms with Crippen molar-refractivity contribution in [3.05, 3.63) is 17.3 Å². The molecule has 1 aromatic heterocycles. The second-order valence-corrected chi connectivity index (χ2v) is 8.19. The molecule has 5 heteroatoms. The van der Waals surface area contributed by atoms with E-state index in [1.165, 1.54) is 17.3 Å². The Morgan fingerprint density at radius 2 is 2.11 bits per heavy atom. The molecular formula is C14H21NO3Te. The van der Waals surface area contributed by atoms with Crippen molar-refractivity contribution in [3.8, 4) is 5.75 Å². The van der Waals surface area contributed by atoms with Crippen molar-refractivity contribution in [1.29, 1.82) is 0 Å². The molecule has 0 aromatic carbocycles. The minimum absolute atomic E-state index is 0.345. The summed E-state index contributed by atoms with van der Waals surface area (Å²) in [4.78, 5) is 4.43. The van der Waals surface area contributed by atoms with Crippen LogP contribution in [0.5, 0.6) is 5.75 Å². The molecule has 0 aliphatic carbocycles. The molecule has 1 aliphatic rings. The average Bonchev–Trinajstić information content (AvgIpc) is 2.52. The van der Waals surface area contributed by atoms with Crippen molar-refractivity contribution in [2.45, 2.75) is 57.1 Å². The van der Waals surface area contributed by atoms with E-state index in [4.69, 9.17) is 9.47 Å². The first-order chi connectivity index (χ1) is 9.03. The molecule has 19 heavy (non-hydrogen) atoms. The molecule has 0 amide bonds. The number of pyridine rings is 1. The predicted octanol–water partition coefficient (Wildman–Crippen LogP) is 2.12. The molecule has 106 valence electrons. The first-order valence-electron chi connectivity index (χ1n) is 6.64. The maximum atomic E-state index is 10.4. The molecule has 1 aromatic rings. The Labute approximate surface area is 124 Å². The molecular weight excluding hydrogens is 358 g/mol. The van der Waals surface area contributed by atoms with Crippen LogP contribution >= 0.6 is 0 Å². The van der Waals surface area contributed by atoms with Gasteiger partial charge in [0.25, 0.3) is 0 Å². The number of hydrogen-bond donors (Lipinski definition) is 1. The molecule has 1 N–H and O–H groups in total. The van der Waals surface area contributed by atoms with Gasteiger partial charge in [-0.15, -0.1) is 0 Å². The van der Waals surface area contributed by atoms with E-state index in [1.54, 1.807) is 0 Å². The zero-order chi connectivity index (χ0) is 13.9. The fourth-order valence-electron chi connectivity index (χ4n) is 1.80. The number of aromatic nitrogens is 1. The first-order valence-corrected chi connectivity index (χ1v) is 9.45. The third-order valence-corrected chi connectivity index (χ3v) is 6.13. The van der Waals surface area contributed by atoms with Crippen molar-refractivity contribution in [2.75, 3.05) is 0 Å². The molecule has 0 saturated carbocycles. The van der Waals surface area contributed by atoms with E-state index in [2.05, 4.69) is 11.9 Å². The molecule has 0 radical (unpaired) electrons. The standard InChI is InChI=1S/C14H21NO3Te/c1-4-5-6-19-13-12(16)11-9-18-14(2,3)17-8-10(11)7-15-13/h7,16H,4-6,8-9H2,1-3H3. The second kappa shape index (κ2) is 6.41. The van der Waals surface area contributed by atoms with Gasteiger partial charge in [-0.05, 0) is 0 Å². The van der Waals surface area contributed by atoms with Crippen molar-refractivity contribution in [2.24, 2.45) is 0 Å². The molecule has 0 saturated heterocycles. The van der Waals surface area contributed by atoms with Crippen molar-refractivity contribution < 1.29 is 14.6 Å². The normalized spacial score (nSPS) is 17.8. The van der Waals surface area contributed by atoms with Crippen molar-refractivity contribution >= 4 is 24.7 Å². The van der Waals surface area contributed by atoms with E-state index < -0.39 is 26.7 Å². The number of ether oxygens (including phenoxy) is 2. The fraction of sp³-hybridized carbons (Fsp3) is 0.643. The van der Waals surface area contributed by atoms with Gasteiger partial charge in [-0.1, -0.05) is 0 Å². The van der Waals surface area contributed by atoms with E-state index in [0.717, 1.165) is 14.9 Å². The van der Waals surface area contributed by atoms with Gasteiger partial charge in [0, 0.05) is 0 Å². The van der Waals surface area contributed by atoms with Gasteiger partial charge in [-0.3, -0.25) is 0 Å². The van der Waals surface area contributed by atoms with Gasteiger partial charge in [0.2, 0.25) is 0 Å². The molecule has 0 fully saturated rings. The summed E-state index contributed by atoms with van der Waals surface area (Å²) < 4.78 is 13.4. The van der Waals surface area contributed by atoms with Crippen LogP contribution in [0.2, 0.25) is 4.47 Å². The quantitative estimate of drug-likeness (QED) is 0.644. The van der Waals surface area contributed by atoms with Gasteiger partial charge in [0.15, 0.2) is 0 Å². The number of hydrogen-bond acceptors (Lipinski definition) is 4. The summed E-state index contributed by atoms with van der Waals surface area (Å²) in [6.07, 6.45) is 4.25. The number of unbranched alkanes of at least 4 members (excludes halogenated alkanes) is 1. The zero-order valence-corrected chi connectivity index (χ0v) is 14.1. The average molecular weight is 379 g/mol. The summed E-state index contributed by atoms with van der Waals surface area (Å²) >= 11 is -0.395. The van der Waals surface area contributed by atoms with Gasteiger partial charge in [0.1, 0.15) is 0 Å². The van der Waals surface area contributed by atoms with Crippen LogP contribution in [-0.2, 0) is 22.7 Å². The Bertz CT molecular complexity index is 449. The molecule has 0 bridgehead atoms. The monoisotopic (exact) mass is 381 g/mol. The van der Waals surface area contributed by atoms with Crippen LogP contribution < -0.4 is 3.74 Å². The Balaban J connectivity index is 2.18. The summed E-state index contributed by atoms with van der Waals surface area (Å²) in [5, 5.41) is 10.4. The van der Waals surface area contributed by atoms with Gasteiger partial charge < -0.3 is 0 Å². The van der Waals surface area contributed by atoms with Crippen LogP contribution in [0.1, 0.15) is 44.7 Å². The van der Waals surface area contributed by atoms with Crippen molar-refractivity contribution in [3.63, 3.8) is 0 Å². The Morgan fingerprint density at radius 1 is 1.37 bits per heavy atom. The van der Waals surface area contributed by atoms with Gasteiger partial charge in [-0.2, -0.15) is 0 Å². The minimum atomic E-state index is -0.607. The molecule has 0 atom stereocenters. The summed E-state index contributed by atoms with van der Waals surface area (Å²) in [6.45, 7) is 6.80. The van der Waals surface area contributed by atoms with E-state index in [-0.39, 0.29) is 0 Å². The Morgan fingerprint density at radius 3 is 2.84 bits per heavy atom. The molecule has 1 aliphatic heterocycles. The molecule has 2 rings (SSSR count). The Hall–Kier alpha value is -0.340. The first kappa shape index (κ1) is 15.1. The van der Waals surface area contributed by atoms with E-state index in [9.17, 15) is 5.11 Å². The summed E-state index contributed by atoms with van der Waals surface area (Å²) in [6, 6.07) is 0. The van der Waals surface area contributed by atoms with Crippen LogP contribution in [0.3, 0.4) is 0 Å². The summed E-state index contributed by atoms with van der Waals surface area (Å²) in [5.74, 6) is -0.262. The molecule has 0 unspecified atom stereocenters. The van der Waals surface area contributed by atoms with Crippen LogP contribution in [0.25, 0.3) is 0 Å². The van der Waals surface area contributed by atoms with Crippen LogP contribution in [0, 0.1) is 0 Å². The summed E-state index contributed by atoms with van der Waals surface area (Å²) in [5.41, 5.74) is 1.80. The fourth-order valence-corrected chi connectivity index (χ4v) is 4.69. The summed E-state index contributed by atoms with van der Waals surface area (Å²) in [7, 11) is 0. The number of nitrogens with zero attached hydrogens (tertiary/aromatic N) is 1. The third-order valence-electron chi connectivity index (χ3n) is 3.09. The predicted molar refractivity (Wildman–Crippen MR) is 74.7 cm³/mol. The third kappa shape index (κ3) is 3.82. The van der Waals surface area contributed by atoms with E-state index >= 15 is 0 Å². The van der Waals surface area contributed by atoms with E-state index in [0.29, 0.717) is 19.0 Å². The van der Waals surface area contributed by atoms with Gasteiger partial charge >= 0.3 is 124 Å². The maximum absolute atomic E-state index is 10.4. The van der Waals surface area contributed by atoms with Crippen LogP contribution in [0.4, 0.5) is 0 Å². The number of aromatic hydroxyl groups is 1. The van der Waals surface area contributed by atoms with E-state index in [1.807, 2.05) is 20.0 Å². The molecule has 0 spiro atoms. The Kier molecular flexibility index (Phi) is 5.08. The van der Waals surface area contributed by atoms with Crippen LogP contribution in [0.15, 0.2) is 6.20 Å². The van der Waals surface area contributed by atoms with Crippen LogP contribution in [-0.4, -0.2) is 36.8 Å². The van der Waals surface area contributed by atoms with Gasteiger partial charge in [0.05, 0.1) is 0 Å². The van der Waals surface area contributed by atoms with Gasteiger partial charge in [-0.25, -0.2) is 0 Å². The number of rotatable bonds is 4. The van der Waals surface area contributed by atoms with Crippen molar-refractivity contribution in [1.82, 2.24) is 4.98 Å². The SMILES string of the molecule is CCCC[Te]c1ncc2c(c1O)COC(C)(C)OC2. The molecule has 2 heterocycles. The molecule has 4 nitrogen and oxygen atoms in total. The number of fused-ring (bicyclic) bond motifs is 1.